The van der Waals surface area contributed by atoms with Crippen LogP contribution in [-0.4, -0.2) is 31.3 Å². The molecular formula is C14H15FN4O4. The monoisotopic (exact) mass is 322 g/mol. The first-order valence-electron chi connectivity index (χ1n) is 6.66. The topological polar surface area (TPSA) is 110 Å². The first-order valence-corrected chi connectivity index (χ1v) is 6.66. The molecule has 0 saturated heterocycles. The van der Waals surface area contributed by atoms with Crippen molar-refractivity contribution in [1.29, 1.82) is 0 Å². The highest BCUT2D eigenvalue weighted by Gasteiger charge is 2.31. The molecule has 0 aliphatic rings. The minimum Gasteiger partial charge on any atom is -0.378 e. The Morgan fingerprint density at radius 1 is 1.57 bits per heavy atom. The van der Waals surface area contributed by atoms with Crippen molar-refractivity contribution in [1.82, 2.24) is 9.78 Å². The van der Waals surface area contributed by atoms with Gasteiger partial charge in [0.2, 0.25) is 0 Å². The third-order valence-corrected chi connectivity index (χ3v) is 3.21. The second kappa shape index (κ2) is 6.13. The smallest absolute Gasteiger partial charge is 0.272 e. The number of nitro benzene ring substituents is 1. The van der Waals surface area contributed by atoms with Crippen LogP contribution in [0.5, 0.6) is 0 Å². The van der Waals surface area contributed by atoms with E-state index < -0.39 is 22.2 Å². The molecule has 0 bridgehead atoms. The Kier molecular flexibility index (Phi) is 4.41. The van der Waals surface area contributed by atoms with Crippen LogP contribution < -0.4 is 5.32 Å². The van der Waals surface area contributed by atoms with Gasteiger partial charge in [0.15, 0.2) is 11.4 Å². The number of aromatic nitrogens is 2. The van der Waals surface area contributed by atoms with Crippen LogP contribution >= 0.6 is 0 Å². The van der Waals surface area contributed by atoms with E-state index in [0.717, 1.165) is 17.1 Å². The van der Waals surface area contributed by atoms with Gasteiger partial charge in [-0.05, 0) is 26.0 Å². The second-order valence-electron chi connectivity index (χ2n) is 5.34. The highest BCUT2D eigenvalue weighted by atomic mass is 19.1. The molecule has 23 heavy (non-hydrogen) atoms. The van der Waals surface area contributed by atoms with Crippen molar-refractivity contribution in [2.45, 2.75) is 26.0 Å². The molecule has 0 spiro atoms. The summed E-state index contributed by atoms with van der Waals surface area (Å²) in [5, 5.41) is 27.1. The fourth-order valence-electron chi connectivity index (χ4n) is 2.02. The molecule has 1 amide bonds. The number of anilines is 1. The number of aryl methyl sites for hydroxylation is 1. The number of amides is 1. The highest BCUT2D eigenvalue weighted by molar-refractivity contribution is 5.96. The molecule has 2 rings (SSSR count). The minimum absolute atomic E-state index is 0.0678. The predicted molar refractivity (Wildman–Crippen MR) is 79.3 cm³/mol. The number of nitrogens with zero attached hydrogens (tertiary/aromatic N) is 3. The van der Waals surface area contributed by atoms with E-state index in [4.69, 9.17) is 0 Å². The lowest BCUT2D eigenvalue weighted by Crippen LogP contribution is -2.43. The zero-order chi connectivity index (χ0) is 17.2. The molecule has 8 nitrogen and oxygen atoms in total. The maximum Gasteiger partial charge on any atom is 0.272 e. The van der Waals surface area contributed by atoms with Crippen LogP contribution in [0.3, 0.4) is 0 Å². The summed E-state index contributed by atoms with van der Waals surface area (Å²) >= 11 is 0. The summed E-state index contributed by atoms with van der Waals surface area (Å²) in [4.78, 5) is 22.4. The second-order valence-corrected chi connectivity index (χ2v) is 5.34. The summed E-state index contributed by atoms with van der Waals surface area (Å²) in [5.41, 5.74) is -1.22. The molecule has 0 unspecified atom stereocenters. The van der Waals surface area contributed by atoms with Gasteiger partial charge in [0.1, 0.15) is 0 Å². The van der Waals surface area contributed by atoms with E-state index in [-0.39, 0.29) is 12.2 Å². The van der Waals surface area contributed by atoms with Gasteiger partial charge in [-0.1, -0.05) is 0 Å². The summed E-state index contributed by atoms with van der Waals surface area (Å²) in [5.74, 6) is -1.31. The van der Waals surface area contributed by atoms with Gasteiger partial charge in [-0.2, -0.15) is 5.10 Å². The highest BCUT2D eigenvalue weighted by Crippen LogP contribution is 2.22. The molecular weight excluding hydrogens is 307 g/mol. The fourth-order valence-corrected chi connectivity index (χ4v) is 2.02. The molecule has 1 aromatic carbocycles. The van der Waals surface area contributed by atoms with Crippen molar-refractivity contribution in [2.75, 3.05) is 5.32 Å². The van der Waals surface area contributed by atoms with Crippen LogP contribution in [0.15, 0.2) is 30.6 Å². The quantitative estimate of drug-likeness (QED) is 0.642. The first-order chi connectivity index (χ1) is 10.7. The van der Waals surface area contributed by atoms with Gasteiger partial charge < -0.3 is 10.4 Å². The van der Waals surface area contributed by atoms with Gasteiger partial charge in [0.25, 0.3) is 11.6 Å². The molecule has 1 aromatic heterocycles. The number of aliphatic hydroxyl groups is 1. The van der Waals surface area contributed by atoms with Crippen molar-refractivity contribution < 1.29 is 19.2 Å². The summed E-state index contributed by atoms with van der Waals surface area (Å²) in [6.45, 7) is 2.56. The van der Waals surface area contributed by atoms with Crippen LogP contribution in [-0.2, 0) is 11.3 Å². The maximum atomic E-state index is 12.9. The normalized spacial score (nSPS) is 13.4. The maximum absolute atomic E-state index is 12.9. The van der Waals surface area contributed by atoms with Gasteiger partial charge >= 0.3 is 0 Å². The lowest BCUT2D eigenvalue weighted by Gasteiger charge is -2.22. The Labute approximate surface area is 130 Å². The minimum atomic E-state index is -1.84. The van der Waals surface area contributed by atoms with Gasteiger partial charge in [-0.15, -0.1) is 0 Å². The lowest BCUT2D eigenvalue weighted by molar-refractivity contribution is -0.385. The summed E-state index contributed by atoms with van der Waals surface area (Å²) in [6, 6.07) is 4.06. The number of carbonyl (C=O) groups is 1. The van der Waals surface area contributed by atoms with Crippen molar-refractivity contribution in [3.05, 3.63) is 52.1 Å². The number of hydrogen-bond donors (Lipinski definition) is 2. The van der Waals surface area contributed by atoms with E-state index in [0.29, 0.717) is 11.3 Å². The van der Waals surface area contributed by atoms with E-state index in [1.54, 1.807) is 6.92 Å². The fraction of sp³-hybridized carbons (Fsp3) is 0.286. The van der Waals surface area contributed by atoms with E-state index in [2.05, 4.69) is 10.4 Å². The molecule has 2 aromatic rings. The molecule has 1 heterocycles. The molecule has 0 radical (unpaired) electrons. The zero-order valence-corrected chi connectivity index (χ0v) is 12.5. The first kappa shape index (κ1) is 16.6. The van der Waals surface area contributed by atoms with Crippen LogP contribution in [0.25, 0.3) is 0 Å². The Morgan fingerprint density at radius 3 is 2.78 bits per heavy atom. The van der Waals surface area contributed by atoms with Gasteiger partial charge in [0.05, 0.1) is 23.9 Å². The summed E-state index contributed by atoms with van der Waals surface area (Å²) in [6.07, 6.45) is 2.02. The lowest BCUT2D eigenvalue weighted by atomic mass is 10.1. The number of rotatable bonds is 5. The zero-order valence-electron chi connectivity index (χ0n) is 12.5. The molecule has 0 aliphatic heterocycles. The molecule has 0 saturated carbocycles. The number of nitrogens with one attached hydrogen (secondary N) is 1. The SMILES string of the molecule is Cc1cc(NC(=O)[C@@](C)(O)Cn2cc(F)cn2)ccc1[N+](=O)[O-]. The Morgan fingerprint density at radius 2 is 2.26 bits per heavy atom. The number of nitro groups is 1. The van der Waals surface area contributed by atoms with E-state index in [1.807, 2.05) is 0 Å². The average Bonchev–Trinajstić information content (AvgIpc) is 2.82. The van der Waals surface area contributed by atoms with E-state index in [9.17, 15) is 24.4 Å². The number of carbonyl (C=O) groups excluding carboxylic acids is 1. The molecule has 9 heteroatoms. The van der Waals surface area contributed by atoms with Gasteiger partial charge in [-0.3, -0.25) is 19.6 Å². The van der Waals surface area contributed by atoms with Crippen LogP contribution in [0.4, 0.5) is 15.8 Å². The van der Waals surface area contributed by atoms with Crippen molar-refractivity contribution in [3.63, 3.8) is 0 Å². The van der Waals surface area contributed by atoms with Crippen LogP contribution in [0.2, 0.25) is 0 Å². The van der Waals surface area contributed by atoms with Crippen molar-refractivity contribution >= 4 is 17.3 Å². The summed E-state index contributed by atoms with van der Waals surface area (Å²) in [7, 11) is 0. The predicted octanol–water partition coefficient (Wildman–Crippen LogP) is 1.63. The number of halogens is 1. The molecule has 2 N–H and O–H groups in total. The third-order valence-electron chi connectivity index (χ3n) is 3.21. The Bertz CT molecular complexity index is 757. The largest absolute Gasteiger partial charge is 0.378 e. The van der Waals surface area contributed by atoms with E-state index >= 15 is 0 Å². The van der Waals surface area contributed by atoms with Crippen molar-refractivity contribution in [2.24, 2.45) is 0 Å². The van der Waals surface area contributed by atoms with Gasteiger partial charge in [0, 0.05) is 17.3 Å². The van der Waals surface area contributed by atoms with Crippen molar-refractivity contribution in [3.8, 4) is 0 Å². The number of benzene rings is 1. The Balaban J connectivity index is 2.11. The average molecular weight is 322 g/mol. The van der Waals surface area contributed by atoms with Crippen LogP contribution in [0, 0.1) is 22.9 Å². The molecule has 0 aliphatic carbocycles. The summed E-state index contributed by atoms with van der Waals surface area (Å²) < 4.78 is 14.0. The van der Waals surface area contributed by atoms with E-state index in [1.165, 1.54) is 25.1 Å². The standard InChI is InChI=1S/C14H15FN4O4/c1-9-5-11(3-4-12(9)19(22)23)17-13(20)14(2,21)8-18-7-10(15)6-16-18/h3-7,21H,8H2,1-2H3,(H,17,20)/t14-/m0/s1. The molecule has 1 atom stereocenters. The molecule has 0 fully saturated rings. The molecule has 122 valence electrons. The third kappa shape index (κ3) is 3.89. The number of hydrogen-bond acceptors (Lipinski definition) is 5. The Hall–Kier alpha value is -2.81. The van der Waals surface area contributed by atoms with Gasteiger partial charge in [-0.25, -0.2) is 4.39 Å². The van der Waals surface area contributed by atoms with Crippen LogP contribution in [0.1, 0.15) is 12.5 Å².